The van der Waals surface area contributed by atoms with E-state index in [1.807, 2.05) is 18.7 Å². The predicted octanol–water partition coefficient (Wildman–Crippen LogP) is -0.507. The maximum Gasteiger partial charge on any atom is 0.243 e. The minimum absolute atomic E-state index is 0.0459. The summed E-state index contributed by atoms with van der Waals surface area (Å²) in [5, 5.41) is 13.8. The maximum absolute atomic E-state index is 13.0. The number of amides is 1. The van der Waals surface area contributed by atoms with Gasteiger partial charge < -0.3 is 5.32 Å². The second-order valence-electron chi connectivity index (χ2n) is 6.65. The lowest BCUT2D eigenvalue weighted by Gasteiger charge is -2.33. The molecule has 0 aliphatic carbocycles. The molecule has 3 rings (SSSR count). The first-order chi connectivity index (χ1) is 12.9. The highest BCUT2D eigenvalue weighted by Gasteiger charge is 2.29. The number of nitrogens with zero attached hydrogens (tertiary/aromatic N) is 6. The molecule has 1 amide bonds. The van der Waals surface area contributed by atoms with E-state index in [1.54, 1.807) is 24.3 Å². The molecule has 0 bridgehead atoms. The zero-order chi connectivity index (χ0) is 19.4. The van der Waals surface area contributed by atoms with Crippen LogP contribution in [-0.4, -0.2) is 82.5 Å². The monoisotopic (exact) mass is 393 g/mol. The molecule has 1 aromatic heterocycles. The van der Waals surface area contributed by atoms with Crippen LogP contribution in [0.2, 0.25) is 0 Å². The van der Waals surface area contributed by atoms with Gasteiger partial charge in [-0.2, -0.15) is 4.31 Å². The fourth-order valence-corrected chi connectivity index (χ4v) is 4.38. The van der Waals surface area contributed by atoms with Gasteiger partial charge in [0.05, 0.1) is 17.1 Å². The van der Waals surface area contributed by atoms with Crippen molar-refractivity contribution in [3.05, 3.63) is 30.6 Å². The Morgan fingerprint density at radius 3 is 2.59 bits per heavy atom. The first-order valence-corrected chi connectivity index (χ1v) is 10.2. The second-order valence-corrected chi connectivity index (χ2v) is 8.59. The molecular weight excluding hydrogens is 370 g/mol. The van der Waals surface area contributed by atoms with Crippen molar-refractivity contribution in [2.24, 2.45) is 0 Å². The molecule has 10 nitrogen and oxygen atoms in total. The molecule has 1 saturated heterocycles. The van der Waals surface area contributed by atoms with Gasteiger partial charge in [0.25, 0.3) is 0 Å². The Morgan fingerprint density at radius 2 is 1.96 bits per heavy atom. The molecule has 27 heavy (non-hydrogen) atoms. The van der Waals surface area contributed by atoms with Gasteiger partial charge in [-0.05, 0) is 42.5 Å². The van der Waals surface area contributed by atoms with E-state index in [2.05, 4.69) is 20.8 Å². The Morgan fingerprint density at radius 1 is 1.22 bits per heavy atom. The molecule has 0 spiro atoms. The summed E-state index contributed by atoms with van der Waals surface area (Å²) >= 11 is 0. The highest BCUT2D eigenvalue weighted by molar-refractivity contribution is 7.89. The number of piperazine rings is 1. The van der Waals surface area contributed by atoms with Gasteiger partial charge in [0.2, 0.25) is 15.9 Å². The smallest absolute Gasteiger partial charge is 0.243 e. The topological polar surface area (TPSA) is 113 Å². The van der Waals surface area contributed by atoms with Crippen LogP contribution in [0.5, 0.6) is 0 Å². The number of nitrogens with one attached hydrogen (secondary N) is 1. The third-order valence-corrected chi connectivity index (χ3v) is 6.11. The summed E-state index contributed by atoms with van der Waals surface area (Å²) in [4.78, 5) is 14.0. The second kappa shape index (κ2) is 8.11. The van der Waals surface area contributed by atoms with E-state index < -0.39 is 10.0 Å². The quantitative estimate of drug-likeness (QED) is 0.703. The molecule has 1 aliphatic rings. The molecule has 0 unspecified atom stereocenters. The molecule has 0 radical (unpaired) electrons. The SMILES string of the molecule is CC(C)NC(=O)CN1CCN(S(=O)(=O)c2cccc(-n3cnnn3)c2)CC1. The van der Waals surface area contributed by atoms with Crippen molar-refractivity contribution in [2.75, 3.05) is 32.7 Å². The van der Waals surface area contributed by atoms with Crippen LogP contribution in [0.25, 0.3) is 5.69 Å². The number of benzene rings is 1. The molecule has 1 fully saturated rings. The Bertz CT molecular complexity index is 875. The lowest BCUT2D eigenvalue weighted by atomic mass is 10.3. The van der Waals surface area contributed by atoms with Crippen LogP contribution in [0.4, 0.5) is 0 Å². The molecule has 0 saturated carbocycles. The van der Waals surface area contributed by atoms with Crippen molar-refractivity contribution in [3.8, 4) is 5.69 Å². The largest absolute Gasteiger partial charge is 0.353 e. The number of hydrogen-bond donors (Lipinski definition) is 1. The fraction of sp³-hybridized carbons (Fsp3) is 0.500. The van der Waals surface area contributed by atoms with Crippen LogP contribution < -0.4 is 5.32 Å². The minimum Gasteiger partial charge on any atom is -0.353 e. The maximum atomic E-state index is 13.0. The van der Waals surface area contributed by atoms with E-state index in [-0.39, 0.29) is 23.4 Å². The van der Waals surface area contributed by atoms with Crippen molar-refractivity contribution >= 4 is 15.9 Å². The molecule has 1 N–H and O–H groups in total. The fourth-order valence-electron chi connectivity index (χ4n) is 2.91. The zero-order valence-electron chi connectivity index (χ0n) is 15.3. The first-order valence-electron chi connectivity index (χ1n) is 8.71. The molecule has 11 heteroatoms. The zero-order valence-corrected chi connectivity index (χ0v) is 16.1. The molecule has 1 aromatic carbocycles. The van der Waals surface area contributed by atoms with E-state index in [0.29, 0.717) is 31.9 Å². The standard InChI is InChI=1S/C16H23N7O3S/c1-13(2)18-16(24)11-21-6-8-22(9-7-21)27(25,26)15-5-3-4-14(10-15)23-12-17-19-20-23/h3-5,10,12-13H,6-9,11H2,1-2H3,(H,18,24). The molecule has 0 atom stereocenters. The van der Waals surface area contributed by atoms with Gasteiger partial charge in [-0.3, -0.25) is 9.69 Å². The average Bonchev–Trinajstić information content (AvgIpc) is 3.16. The van der Waals surface area contributed by atoms with Gasteiger partial charge in [-0.1, -0.05) is 6.07 Å². The van der Waals surface area contributed by atoms with E-state index in [4.69, 9.17) is 0 Å². The minimum atomic E-state index is -3.62. The lowest BCUT2D eigenvalue weighted by molar-refractivity contribution is -0.123. The van der Waals surface area contributed by atoms with Gasteiger partial charge in [0, 0.05) is 32.2 Å². The van der Waals surface area contributed by atoms with Crippen LogP contribution in [0, 0.1) is 0 Å². The highest BCUT2D eigenvalue weighted by atomic mass is 32.2. The third kappa shape index (κ3) is 4.67. The van der Waals surface area contributed by atoms with Gasteiger partial charge in [0.1, 0.15) is 6.33 Å². The van der Waals surface area contributed by atoms with Crippen LogP contribution in [0.15, 0.2) is 35.5 Å². The van der Waals surface area contributed by atoms with Crippen LogP contribution in [0.3, 0.4) is 0 Å². The number of carbonyl (C=O) groups excluding carboxylic acids is 1. The number of aromatic nitrogens is 4. The van der Waals surface area contributed by atoms with Crippen molar-refractivity contribution in [2.45, 2.75) is 24.8 Å². The molecule has 1 aliphatic heterocycles. The van der Waals surface area contributed by atoms with E-state index in [9.17, 15) is 13.2 Å². The summed E-state index contributed by atoms with van der Waals surface area (Å²) in [6, 6.07) is 6.60. The van der Waals surface area contributed by atoms with Crippen molar-refractivity contribution in [1.29, 1.82) is 0 Å². The van der Waals surface area contributed by atoms with E-state index in [1.165, 1.54) is 15.3 Å². The molecule has 146 valence electrons. The number of sulfonamides is 1. The van der Waals surface area contributed by atoms with Crippen molar-refractivity contribution < 1.29 is 13.2 Å². The van der Waals surface area contributed by atoms with E-state index >= 15 is 0 Å². The number of rotatable bonds is 6. The summed E-state index contributed by atoms with van der Waals surface area (Å²) in [6.07, 6.45) is 1.41. The third-order valence-electron chi connectivity index (χ3n) is 4.22. The Labute approximate surface area is 158 Å². The summed E-state index contributed by atoms with van der Waals surface area (Å²) in [6.45, 7) is 5.80. The summed E-state index contributed by atoms with van der Waals surface area (Å²) in [5.41, 5.74) is 0.574. The summed E-state index contributed by atoms with van der Waals surface area (Å²) in [7, 11) is -3.62. The van der Waals surface area contributed by atoms with E-state index in [0.717, 1.165) is 0 Å². The predicted molar refractivity (Wildman–Crippen MR) is 97.6 cm³/mol. The van der Waals surface area contributed by atoms with Crippen LogP contribution >= 0.6 is 0 Å². The molecular formula is C16H23N7O3S. The van der Waals surface area contributed by atoms with Gasteiger partial charge in [0.15, 0.2) is 0 Å². The molecule has 2 heterocycles. The number of carbonyl (C=O) groups is 1. The molecule has 2 aromatic rings. The van der Waals surface area contributed by atoms with Crippen molar-refractivity contribution in [1.82, 2.24) is 34.7 Å². The van der Waals surface area contributed by atoms with Gasteiger partial charge in [-0.25, -0.2) is 13.1 Å². The van der Waals surface area contributed by atoms with Gasteiger partial charge in [-0.15, -0.1) is 5.10 Å². The Balaban J connectivity index is 1.65. The van der Waals surface area contributed by atoms with Crippen LogP contribution in [-0.2, 0) is 14.8 Å². The normalized spacial score (nSPS) is 16.6. The van der Waals surface area contributed by atoms with Crippen molar-refractivity contribution in [3.63, 3.8) is 0 Å². The Kier molecular flexibility index (Phi) is 5.82. The van der Waals surface area contributed by atoms with Gasteiger partial charge >= 0.3 is 0 Å². The summed E-state index contributed by atoms with van der Waals surface area (Å²) < 4.78 is 28.8. The first kappa shape index (κ1) is 19.4. The number of hydrogen-bond acceptors (Lipinski definition) is 7. The Hall–Kier alpha value is -2.37. The lowest BCUT2D eigenvalue weighted by Crippen LogP contribution is -2.51. The van der Waals surface area contributed by atoms with Crippen LogP contribution in [0.1, 0.15) is 13.8 Å². The highest BCUT2D eigenvalue weighted by Crippen LogP contribution is 2.20. The summed E-state index contributed by atoms with van der Waals surface area (Å²) in [5.74, 6) is -0.0459. The average molecular weight is 393 g/mol. The number of tetrazole rings is 1.